The zero-order valence-corrected chi connectivity index (χ0v) is 24.4. The normalized spacial score (nSPS) is 13.5. The zero-order chi connectivity index (χ0) is 29.8. The molecule has 0 fully saturated rings. The number of rotatable bonds is 10. The first-order valence-electron chi connectivity index (χ1n) is 14.4. The van der Waals surface area contributed by atoms with E-state index in [1.807, 2.05) is 30.1 Å². The molecule has 0 radical (unpaired) electrons. The van der Waals surface area contributed by atoms with Gasteiger partial charge in [0.1, 0.15) is 11.6 Å². The quantitative estimate of drug-likeness (QED) is 0.286. The van der Waals surface area contributed by atoms with Gasteiger partial charge in [-0.3, -0.25) is 23.8 Å². The van der Waals surface area contributed by atoms with E-state index in [0.717, 1.165) is 12.1 Å². The first kappa shape index (κ1) is 29.5. The molecule has 0 amide bonds. The van der Waals surface area contributed by atoms with Gasteiger partial charge < -0.3 is 4.90 Å². The third kappa shape index (κ3) is 6.58. The van der Waals surface area contributed by atoms with Crippen molar-refractivity contribution >= 4 is 0 Å². The molecule has 0 saturated carbocycles. The molecule has 220 valence electrons. The van der Waals surface area contributed by atoms with Crippen molar-refractivity contribution < 1.29 is 8.78 Å². The molecule has 0 bridgehead atoms. The molecule has 1 aliphatic rings. The van der Waals surface area contributed by atoms with E-state index in [1.54, 1.807) is 6.20 Å². The number of aromatic nitrogens is 3. The number of benzene rings is 2. The van der Waals surface area contributed by atoms with Crippen molar-refractivity contribution in [3.8, 4) is 0 Å². The van der Waals surface area contributed by atoms with Crippen LogP contribution in [0.3, 0.4) is 0 Å². The molecular weight excluding hydrogens is 536 g/mol. The maximum absolute atomic E-state index is 14.7. The van der Waals surface area contributed by atoms with Crippen LogP contribution in [0.2, 0.25) is 0 Å². The number of hydrogen-bond donors (Lipinski definition) is 0. The van der Waals surface area contributed by atoms with Crippen LogP contribution in [-0.4, -0.2) is 50.6 Å². The Morgan fingerprint density at radius 1 is 0.929 bits per heavy atom. The lowest BCUT2D eigenvalue weighted by Gasteiger charge is -2.31. The minimum atomic E-state index is -0.713. The standard InChI is InChI=1S/C33H37F2N5O2/c1-23-10-11-25(24(2)19-23)20-38-16-13-31-28(21-38)32(41)39(18-17-37(3)15-12-26-7-4-5-14-36-26)33(42)40(31)22-27-29(34)8-6-9-30(27)35/h4-11,14,19H,12-13,15-18,20-22H2,1-3H3. The lowest BCUT2D eigenvalue weighted by Crippen LogP contribution is -2.49. The molecule has 0 N–H and O–H groups in total. The van der Waals surface area contributed by atoms with Crippen molar-refractivity contribution in [1.29, 1.82) is 0 Å². The predicted octanol–water partition coefficient (Wildman–Crippen LogP) is 4.08. The number of nitrogens with zero attached hydrogens (tertiary/aromatic N) is 5. The molecule has 0 spiro atoms. The van der Waals surface area contributed by atoms with Crippen LogP contribution in [0, 0.1) is 25.5 Å². The fourth-order valence-corrected chi connectivity index (χ4v) is 5.64. The molecule has 9 heteroatoms. The summed E-state index contributed by atoms with van der Waals surface area (Å²) in [5.74, 6) is -1.43. The summed E-state index contributed by atoms with van der Waals surface area (Å²) in [6, 6.07) is 15.8. The average molecular weight is 574 g/mol. The predicted molar refractivity (Wildman–Crippen MR) is 160 cm³/mol. The van der Waals surface area contributed by atoms with Crippen LogP contribution in [0.15, 0.2) is 70.4 Å². The summed E-state index contributed by atoms with van der Waals surface area (Å²) < 4.78 is 32.0. The summed E-state index contributed by atoms with van der Waals surface area (Å²) in [5, 5.41) is 0. The molecule has 0 unspecified atom stereocenters. The van der Waals surface area contributed by atoms with Gasteiger partial charge in [-0.1, -0.05) is 35.9 Å². The maximum Gasteiger partial charge on any atom is 0.331 e. The van der Waals surface area contributed by atoms with Crippen LogP contribution in [0.25, 0.3) is 0 Å². The number of hydrogen-bond acceptors (Lipinski definition) is 5. The monoisotopic (exact) mass is 573 g/mol. The van der Waals surface area contributed by atoms with Crippen molar-refractivity contribution in [2.45, 2.75) is 52.9 Å². The second-order valence-electron chi connectivity index (χ2n) is 11.2. The van der Waals surface area contributed by atoms with E-state index >= 15 is 0 Å². The Morgan fingerprint density at radius 3 is 2.43 bits per heavy atom. The average Bonchev–Trinajstić information content (AvgIpc) is 2.97. The molecule has 0 aliphatic carbocycles. The lowest BCUT2D eigenvalue weighted by atomic mass is 10.0. The molecule has 7 nitrogen and oxygen atoms in total. The first-order valence-corrected chi connectivity index (χ1v) is 14.4. The second kappa shape index (κ2) is 12.9. The van der Waals surface area contributed by atoms with E-state index in [2.05, 4.69) is 41.9 Å². The summed E-state index contributed by atoms with van der Waals surface area (Å²) in [4.78, 5) is 36.2. The van der Waals surface area contributed by atoms with Crippen LogP contribution in [0.5, 0.6) is 0 Å². The molecule has 0 atom stereocenters. The van der Waals surface area contributed by atoms with Gasteiger partial charge in [0.15, 0.2) is 0 Å². The third-order valence-corrected chi connectivity index (χ3v) is 8.14. The molecule has 2 aromatic carbocycles. The van der Waals surface area contributed by atoms with Crippen molar-refractivity contribution in [3.05, 3.63) is 132 Å². The molecular formula is C33H37F2N5O2. The first-order chi connectivity index (χ1) is 20.2. The SMILES string of the molecule is Cc1ccc(CN2CCc3c(c(=O)n(CCN(C)CCc4ccccn4)c(=O)n3Cc3c(F)cccc3F)C2)c(C)c1. The van der Waals surface area contributed by atoms with Crippen LogP contribution < -0.4 is 11.2 Å². The van der Waals surface area contributed by atoms with Gasteiger partial charge in [-0.05, 0) is 56.3 Å². The minimum Gasteiger partial charge on any atom is -0.304 e. The number of aryl methyl sites for hydroxylation is 2. The van der Waals surface area contributed by atoms with Gasteiger partial charge >= 0.3 is 5.69 Å². The highest BCUT2D eigenvalue weighted by atomic mass is 19.1. The molecule has 1 aliphatic heterocycles. The molecule has 5 rings (SSSR count). The largest absolute Gasteiger partial charge is 0.331 e. The molecule has 4 aromatic rings. The van der Waals surface area contributed by atoms with Gasteiger partial charge in [-0.25, -0.2) is 13.6 Å². The Morgan fingerprint density at radius 2 is 1.71 bits per heavy atom. The summed E-state index contributed by atoms with van der Waals surface area (Å²) in [6.07, 6.45) is 2.93. The molecule has 42 heavy (non-hydrogen) atoms. The van der Waals surface area contributed by atoms with Crippen LogP contribution >= 0.6 is 0 Å². The Labute approximate surface area is 244 Å². The van der Waals surface area contributed by atoms with Gasteiger partial charge in [-0.15, -0.1) is 0 Å². The van der Waals surface area contributed by atoms with Crippen molar-refractivity contribution in [1.82, 2.24) is 23.9 Å². The number of pyridine rings is 1. The van der Waals surface area contributed by atoms with Crippen LogP contribution in [0.4, 0.5) is 8.78 Å². The number of halogens is 2. The van der Waals surface area contributed by atoms with Crippen LogP contribution in [-0.2, 0) is 39.0 Å². The van der Waals surface area contributed by atoms with Gasteiger partial charge in [0, 0.05) is 75.3 Å². The highest BCUT2D eigenvalue weighted by Crippen LogP contribution is 2.21. The molecule has 2 aromatic heterocycles. The van der Waals surface area contributed by atoms with Crippen LogP contribution in [0.1, 0.15) is 39.2 Å². The Hall–Kier alpha value is -3.95. The van der Waals surface area contributed by atoms with Crippen molar-refractivity contribution in [2.24, 2.45) is 0 Å². The highest BCUT2D eigenvalue weighted by Gasteiger charge is 2.27. The van der Waals surface area contributed by atoms with E-state index in [9.17, 15) is 18.4 Å². The minimum absolute atomic E-state index is 0.167. The summed E-state index contributed by atoms with van der Waals surface area (Å²) >= 11 is 0. The Balaban J connectivity index is 1.45. The van der Waals surface area contributed by atoms with Gasteiger partial charge in [0.2, 0.25) is 0 Å². The smallest absolute Gasteiger partial charge is 0.304 e. The topological polar surface area (TPSA) is 63.4 Å². The van der Waals surface area contributed by atoms with E-state index in [-0.39, 0.29) is 24.2 Å². The summed E-state index contributed by atoms with van der Waals surface area (Å²) in [6.45, 7) is 6.85. The van der Waals surface area contributed by atoms with E-state index in [4.69, 9.17) is 0 Å². The third-order valence-electron chi connectivity index (χ3n) is 8.14. The van der Waals surface area contributed by atoms with Crippen molar-refractivity contribution in [3.63, 3.8) is 0 Å². The van der Waals surface area contributed by atoms with E-state index < -0.39 is 17.3 Å². The van der Waals surface area contributed by atoms with Gasteiger partial charge in [0.05, 0.1) is 12.1 Å². The Bertz CT molecular complexity index is 1660. The van der Waals surface area contributed by atoms with Crippen molar-refractivity contribution in [2.75, 3.05) is 26.7 Å². The number of likely N-dealkylation sites (N-methyl/N-ethyl adjacent to an activating group) is 1. The van der Waals surface area contributed by atoms with E-state index in [1.165, 1.54) is 44.0 Å². The fraction of sp³-hybridized carbons (Fsp3) is 0.364. The van der Waals surface area contributed by atoms with Gasteiger partial charge in [-0.2, -0.15) is 0 Å². The highest BCUT2D eigenvalue weighted by molar-refractivity contribution is 5.31. The number of fused-ring (bicyclic) bond motifs is 1. The van der Waals surface area contributed by atoms with E-state index in [0.29, 0.717) is 50.4 Å². The lowest BCUT2D eigenvalue weighted by molar-refractivity contribution is 0.234. The second-order valence-corrected chi connectivity index (χ2v) is 11.2. The maximum atomic E-state index is 14.7. The summed E-state index contributed by atoms with van der Waals surface area (Å²) in [5.41, 5.74) is 4.55. The molecule has 0 saturated heterocycles. The zero-order valence-electron chi connectivity index (χ0n) is 24.4. The van der Waals surface area contributed by atoms with Gasteiger partial charge in [0.25, 0.3) is 5.56 Å². The molecule has 3 heterocycles. The fourth-order valence-electron chi connectivity index (χ4n) is 5.64. The Kier molecular flexibility index (Phi) is 9.09. The summed E-state index contributed by atoms with van der Waals surface area (Å²) in [7, 11) is 1.94.